The molecule has 0 bridgehead atoms. The SMILES string of the molecule is N#CS.O=[Se](=O)(O)O.[H-].[H-].[Na+].[Na+]. The summed E-state index contributed by atoms with van der Waals surface area (Å²) in [7, 11) is 0. The molecule has 0 aliphatic rings. The number of hydrogen-bond acceptors (Lipinski definition) is 4. The van der Waals surface area contributed by atoms with Crippen LogP contribution >= 0.6 is 12.6 Å². The van der Waals surface area contributed by atoms with Crippen molar-refractivity contribution in [2.75, 3.05) is 0 Å². The second kappa shape index (κ2) is 13.5. The minimum Gasteiger partial charge on any atom is -1.00 e. The fourth-order valence-corrected chi connectivity index (χ4v) is 0. The van der Waals surface area contributed by atoms with Gasteiger partial charge in [-0.15, -0.1) is 0 Å². The Balaban J connectivity index is -0.0000000119. The van der Waals surface area contributed by atoms with Gasteiger partial charge in [-0.05, 0) is 0 Å². The molecular weight excluding hydrogens is 247 g/mol. The Morgan fingerprint density at radius 1 is 1.40 bits per heavy atom. The maximum Gasteiger partial charge on any atom is 1.00 e. The fourth-order valence-electron chi connectivity index (χ4n) is 0. The van der Waals surface area contributed by atoms with Crippen LogP contribution in [0.15, 0.2) is 0 Å². The molecule has 0 rings (SSSR count). The van der Waals surface area contributed by atoms with Crippen molar-refractivity contribution >= 4 is 26.0 Å². The molecule has 0 saturated heterocycles. The van der Waals surface area contributed by atoms with E-state index in [9.17, 15) is 0 Å². The second-order valence-corrected chi connectivity index (χ2v) is 2.63. The van der Waals surface area contributed by atoms with Crippen LogP contribution in [-0.4, -0.2) is 21.7 Å². The molecule has 9 heteroatoms. The normalized spacial score (nSPS) is 6.60. The number of rotatable bonds is 0. The number of nitrogens with zero attached hydrogens (tertiary/aromatic N) is 1. The maximum absolute atomic E-state index is 8.82. The Morgan fingerprint density at radius 2 is 1.40 bits per heavy atom. The van der Waals surface area contributed by atoms with Crippen LogP contribution in [0.3, 0.4) is 0 Å². The molecule has 0 fully saturated rings. The van der Waals surface area contributed by atoms with Crippen LogP contribution < -0.4 is 59.1 Å². The second-order valence-electron chi connectivity index (χ2n) is 0.548. The van der Waals surface area contributed by atoms with Gasteiger partial charge >= 0.3 is 88.5 Å². The molecule has 0 aliphatic carbocycles. The van der Waals surface area contributed by atoms with Crippen molar-refractivity contribution in [2.45, 2.75) is 0 Å². The van der Waals surface area contributed by atoms with Gasteiger partial charge in [0.25, 0.3) is 0 Å². The molecule has 5 nitrogen and oxygen atoms in total. The summed E-state index contributed by atoms with van der Waals surface area (Å²) < 4.78 is 31.9. The summed E-state index contributed by atoms with van der Waals surface area (Å²) in [5.74, 6) is 0. The molecule has 0 radical (unpaired) electrons. The molecule has 0 atom stereocenters. The first kappa shape index (κ1) is 22.6. The fraction of sp³-hybridized carbons (Fsp3) is 0. The molecule has 0 aromatic rings. The number of hydrogen-bond donors (Lipinski definition) is 3. The Hall–Kier alpha value is 1.88. The van der Waals surface area contributed by atoms with Crippen molar-refractivity contribution in [2.24, 2.45) is 0 Å². The molecular formula is CH5NNa2O4SSe. The van der Waals surface area contributed by atoms with Crippen molar-refractivity contribution < 1.29 is 78.0 Å². The van der Waals surface area contributed by atoms with Crippen molar-refractivity contribution in [3.05, 3.63) is 0 Å². The third-order valence-electron chi connectivity index (χ3n) is 0. The first-order valence-corrected chi connectivity index (χ1v) is 4.52. The van der Waals surface area contributed by atoms with Crippen LogP contribution in [-0.2, 0) is 7.67 Å². The van der Waals surface area contributed by atoms with Crippen LogP contribution in [0.1, 0.15) is 2.85 Å². The van der Waals surface area contributed by atoms with E-state index in [4.69, 9.17) is 21.3 Å². The summed E-state index contributed by atoms with van der Waals surface area (Å²) >= 11 is -2.16. The molecule has 0 saturated carbocycles. The third-order valence-corrected chi connectivity index (χ3v) is 0. The Labute approximate surface area is 113 Å². The Kier molecular flexibility index (Phi) is 30.5. The van der Waals surface area contributed by atoms with Gasteiger partial charge in [-0.25, -0.2) is 0 Å². The molecule has 0 unspecified atom stereocenters. The summed E-state index contributed by atoms with van der Waals surface area (Å²) in [6.45, 7) is 0. The van der Waals surface area contributed by atoms with Crippen LogP contribution in [0.4, 0.5) is 0 Å². The van der Waals surface area contributed by atoms with Gasteiger partial charge in [0, 0.05) is 0 Å². The Bertz CT molecular complexity index is 172. The monoisotopic (exact) mass is 253 g/mol. The van der Waals surface area contributed by atoms with Gasteiger partial charge in [0.1, 0.15) is 5.40 Å². The van der Waals surface area contributed by atoms with E-state index in [1.54, 1.807) is 0 Å². The van der Waals surface area contributed by atoms with Crippen molar-refractivity contribution in [3.63, 3.8) is 0 Å². The summed E-state index contributed by atoms with van der Waals surface area (Å²) in [4.78, 5) is 0. The molecule has 10 heavy (non-hydrogen) atoms. The van der Waals surface area contributed by atoms with Crippen LogP contribution in [0.25, 0.3) is 0 Å². The molecule has 0 amide bonds. The number of thiocyanates is 1. The maximum atomic E-state index is 8.82. The van der Waals surface area contributed by atoms with E-state index >= 15 is 0 Å². The van der Waals surface area contributed by atoms with E-state index in [-0.39, 0.29) is 62.0 Å². The molecule has 0 aromatic heterocycles. The van der Waals surface area contributed by atoms with Gasteiger partial charge in [-0.3, -0.25) is 0 Å². The first-order valence-electron chi connectivity index (χ1n) is 1.15. The van der Waals surface area contributed by atoms with E-state index in [2.05, 4.69) is 12.6 Å². The molecule has 0 aromatic carbocycles. The summed E-state index contributed by atoms with van der Waals surface area (Å²) in [5.41, 5.74) is 0. The largest absolute Gasteiger partial charge is 1.00 e. The minimum absolute atomic E-state index is 0. The number of thiol groups is 1. The van der Waals surface area contributed by atoms with Crippen molar-refractivity contribution in [3.8, 4) is 5.40 Å². The van der Waals surface area contributed by atoms with E-state index in [0.29, 0.717) is 0 Å². The zero-order valence-corrected chi connectivity index (χ0v) is 12.1. The van der Waals surface area contributed by atoms with Gasteiger partial charge in [-0.2, -0.15) is 5.26 Å². The quantitative estimate of drug-likeness (QED) is 0.226. The summed E-state index contributed by atoms with van der Waals surface area (Å²) in [6, 6.07) is 0. The summed E-state index contributed by atoms with van der Waals surface area (Å²) in [5, 5.41) is 8.63. The average molecular weight is 252 g/mol. The number of nitriles is 1. The topological polar surface area (TPSA) is 98.4 Å². The molecule has 0 aliphatic heterocycles. The molecule has 0 heterocycles. The summed E-state index contributed by atoms with van der Waals surface area (Å²) in [6.07, 6.45) is 0. The van der Waals surface area contributed by atoms with Gasteiger partial charge in [-0.1, -0.05) is 12.6 Å². The predicted octanol–water partition coefficient (Wildman–Crippen LogP) is -7.10. The molecule has 0 spiro atoms. The smallest absolute Gasteiger partial charge is 1.00 e. The Morgan fingerprint density at radius 3 is 1.40 bits per heavy atom. The van der Waals surface area contributed by atoms with E-state index < -0.39 is 13.4 Å². The van der Waals surface area contributed by atoms with E-state index in [1.165, 1.54) is 5.40 Å². The standard InChI is InChI=1S/CHNS.2Na.H2O4Se.2H/c2-1-3;;;1-5(2,3)4;;/h3H;;;(H2,1,2,3,4);;/q;2*+1;;2*-1. The molecule has 2 N–H and O–H groups in total. The zero-order chi connectivity index (χ0) is 7.21. The van der Waals surface area contributed by atoms with Crippen LogP contribution in [0.2, 0.25) is 0 Å². The predicted molar refractivity (Wildman–Crippen MR) is 28.4 cm³/mol. The van der Waals surface area contributed by atoms with Gasteiger partial charge in [0.2, 0.25) is 0 Å². The van der Waals surface area contributed by atoms with E-state index in [1.807, 2.05) is 0 Å². The zero-order valence-electron chi connectivity index (χ0n) is 7.51. The third kappa shape index (κ3) is 221. The van der Waals surface area contributed by atoms with E-state index in [0.717, 1.165) is 0 Å². The van der Waals surface area contributed by atoms with Gasteiger partial charge in [0.15, 0.2) is 0 Å². The first-order chi connectivity index (χ1) is 3.41. The average Bonchev–Trinajstić information content (AvgIpc) is 1.27. The van der Waals surface area contributed by atoms with Crippen LogP contribution in [0.5, 0.6) is 0 Å². The van der Waals surface area contributed by atoms with Crippen LogP contribution in [0, 0.1) is 10.7 Å². The van der Waals surface area contributed by atoms with Gasteiger partial charge < -0.3 is 2.85 Å². The van der Waals surface area contributed by atoms with Crippen molar-refractivity contribution in [1.82, 2.24) is 0 Å². The van der Waals surface area contributed by atoms with Crippen molar-refractivity contribution in [1.29, 1.82) is 5.26 Å². The minimum atomic E-state index is -5.25. The molecule has 52 valence electrons. The van der Waals surface area contributed by atoms with Gasteiger partial charge in [0.05, 0.1) is 0 Å².